The summed E-state index contributed by atoms with van der Waals surface area (Å²) in [6.45, 7) is 14.1. The quantitative estimate of drug-likeness (QED) is 0.0318. The van der Waals surface area contributed by atoms with E-state index in [1.54, 1.807) is 85.8 Å². The third kappa shape index (κ3) is 31.8. The van der Waals surface area contributed by atoms with Crippen LogP contribution in [0.5, 0.6) is 0 Å². The first-order chi connectivity index (χ1) is 42.3. The maximum Gasteiger partial charge on any atom is 0.320 e. The van der Waals surface area contributed by atoms with Crippen LogP contribution in [0.1, 0.15) is 48.5 Å². The van der Waals surface area contributed by atoms with Crippen molar-refractivity contribution in [1.82, 2.24) is 59.6 Å². The fourth-order valence-corrected chi connectivity index (χ4v) is 11.4. The van der Waals surface area contributed by atoms with Gasteiger partial charge >= 0.3 is 77.6 Å². The van der Waals surface area contributed by atoms with Gasteiger partial charge in [0.2, 0.25) is 0 Å². The standard InChI is InChI=1S/C15H27N3O6.C14H23N3O8.C13H23N3O6.C12H21N3O6/c1-9(12(19)20)16-15(4)7-17(10(2)13(21)22)5-6-18(8-15)11(3)14(23)24;1-14(17(6-12(22)23)7-13(24)25)8-15(4-10(18)19)2-3-16(9-14)5-11(20)21;1-13(14(2)5-10(17)18)8-15(6-11(19)20)3-4-16(9-13)7-12(21)22;1-12(13-4-9(16)17)7-14(5-10(18)19)2-3-15(8-12)6-11(20)21/h9-11,16H,5-8H2,1-4H3,(H,19,20)(H,21,22)(H,23,24);2-9H2,1H3,(H,18,19)(H,20,21)(H,22,23)(H,24,25);3-9H2,1-2H3,(H,17,18)(H,19,20)(H,21,22);13H,2-8H2,1H3,(H,16,17)(H,18,19)(H,20,21)/t9-,10-,11+,15?;;;/m1.../s1. The van der Waals surface area contributed by atoms with E-state index >= 15 is 0 Å². The molecule has 0 aromatic heterocycles. The average molecular weight is 1330 g/mol. The normalized spacial score (nSPS) is 21.4. The van der Waals surface area contributed by atoms with Crippen LogP contribution in [0.4, 0.5) is 0 Å². The molecule has 0 aromatic carbocycles. The van der Waals surface area contributed by atoms with Gasteiger partial charge in [0, 0.05) is 127 Å². The number of rotatable bonds is 30. The highest BCUT2D eigenvalue weighted by Gasteiger charge is 2.43. The minimum absolute atomic E-state index is 0.107. The number of nitrogens with one attached hydrogen (secondary N) is 2. The van der Waals surface area contributed by atoms with Crippen molar-refractivity contribution in [3.63, 3.8) is 0 Å². The monoisotopic (exact) mass is 1330 g/mol. The molecular formula is C54H94N12O26. The maximum absolute atomic E-state index is 11.3. The molecule has 0 radical (unpaired) electrons. The van der Waals surface area contributed by atoms with E-state index in [1.807, 2.05) is 6.92 Å². The molecule has 1 unspecified atom stereocenters. The number of carboxylic acid groups (broad SMARTS) is 13. The lowest BCUT2D eigenvalue weighted by Crippen LogP contribution is -2.61. The molecule has 0 saturated carbocycles. The van der Waals surface area contributed by atoms with Gasteiger partial charge in [-0.25, -0.2) is 0 Å². The Kier molecular flexibility index (Phi) is 34.1. The summed E-state index contributed by atoms with van der Waals surface area (Å²) in [6.07, 6.45) is 0. The highest BCUT2D eigenvalue weighted by Crippen LogP contribution is 2.24. The molecule has 0 aliphatic carbocycles. The Morgan fingerprint density at radius 3 is 0.891 bits per heavy atom. The molecule has 0 amide bonds. The molecule has 526 valence electrons. The number of hydrogen-bond donors (Lipinski definition) is 15. The van der Waals surface area contributed by atoms with Crippen molar-refractivity contribution < 1.29 is 129 Å². The van der Waals surface area contributed by atoms with E-state index in [0.717, 1.165) is 0 Å². The maximum atomic E-state index is 11.3. The Morgan fingerprint density at radius 1 is 0.359 bits per heavy atom. The van der Waals surface area contributed by atoms with Crippen molar-refractivity contribution in [2.24, 2.45) is 0 Å². The molecule has 0 bridgehead atoms. The molecular weight excluding hydrogens is 1230 g/mol. The third-order valence-electron chi connectivity index (χ3n) is 15.7. The van der Waals surface area contributed by atoms with Gasteiger partial charge in [-0.3, -0.25) is 122 Å². The second-order valence-corrected chi connectivity index (χ2v) is 24.6. The molecule has 4 aliphatic rings. The van der Waals surface area contributed by atoms with E-state index in [9.17, 15) is 72.5 Å². The van der Waals surface area contributed by atoms with Crippen molar-refractivity contribution in [1.29, 1.82) is 0 Å². The Hall–Kier alpha value is -7.37. The molecule has 92 heavy (non-hydrogen) atoms. The molecule has 4 rings (SSSR count). The van der Waals surface area contributed by atoms with Gasteiger partial charge in [0.05, 0.1) is 65.4 Å². The Balaban J connectivity index is 0.000000615. The van der Waals surface area contributed by atoms with Crippen LogP contribution in [0.25, 0.3) is 0 Å². The number of hydrogen-bond acceptors (Lipinski definition) is 25. The summed E-state index contributed by atoms with van der Waals surface area (Å²) >= 11 is 0. The fraction of sp³-hybridized carbons (Fsp3) is 0.759. The van der Waals surface area contributed by atoms with Crippen molar-refractivity contribution in [2.45, 2.75) is 88.7 Å². The van der Waals surface area contributed by atoms with Crippen molar-refractivity contribution in [2.75, 3.05) is 177 Å². The predicted molar refractivity (Wildman–Crippen MR) is 318 cm³/mol. The zero-order valence-electron chi connectivity index (χ0n) is 53.2. The highest BCUT2D eigenvalue weighted by molar-refractivity contribution is 5.76. The van der Waals surface area contributed by atoms with Crippen molar-refractivity contribution in [3.05, 3.63) is 0 Å². The fourth-order valence-electron chi connectivity index (χ4n) is 11.4. The molecule has 4 heterocycles. The molecule has 38 heteroatoms. The summed E-state index contributed by atoms with van der Waals surface area (Å²) in [5.41, 5.74) is -3.15. The first-order valence-electron chi connectivity index (χ1n) is 29.0. The Labute approximate surface area is 530 Å². The summed E-state index contributed by atoms with van der Waals surface area (Å²) < 4.78 is 0. The SMILES string of the molecule is CC1(N(CC(=O)O)CC(=O)O)CN(CC(=O)O)CCN(CC(=O)O)C1.CC1(NCC(=O)O)CN(CC(=O)O)CCN(CC(=O)O)C1.CN(CC(=O)O)C1(C)CN(CC(=O)O)CCN(CC(=O)O)C1.C[C@H](C(=O)O)N1CCN([C@@H](C)C(=O)O)CC(C)(N[C@H](C)C(=O)O)C1. The summed E-state index contributed by atoms with van der Waals surface area (Å²) in [5, 5.41) is 123. The van der Waals surface area contributed by atoms with Crippen LogP contribution in [0.15, 0.2) is 0 Å². The predicted octanol–water partition coefficient (Wildman–Crippen LogP) is -5.87. The zero-order valence-corrected chi connectivity index (χ0v) is 53.2. The van der Waals surface area contributed by atoms with Crippen LogP contribution < -0.4 is 10.6 Å². The summed E-state index contributed by atoms with van der Waals surface area (Å²) in [5.74, 6) is -13.4. The van der Waals surface area contributed by atoms with Gasteiger partial charge < -0.3 is 66.4 Å². The topological polar surface area (TPSA) is 541 Å². The van der Waals surface area contributed by atoms with Gasteiger partial charge in [-0.1, -0.05) is 0 Å². The smallest absolute Gasteiger partial charge is 0.320 e. The third-order valence-corrected chi connectivity index (χ3v) is 15.7. The first-order valence-corrected chi connectivity index (χ1v) is 29.0. The van der Waals surface area contributed by atoms with E-state index in [2.05, 4.69) is 10.6 Å². The molecule has 4 aliphatic heterocycles. The van der Waals surface area contributed by atoms with E-state index < -0.39 is 131 Å². The lowest BCUT2D eigenvalue weighted by molar-refractivity contribution is -0.147. The first kappa shape index (κ1) is 82.6. The summed E-state index contributed by atoms with van der Waals surface area (Å²) in [4.78, 5) is 160. The van der Waals surface area contributed by atoms with Gasteiger partial charge in [0.15, 0.2) is 0 Å². The van der Waals surface area contributed by atoms with Gasteiger partial charge in [-0.15, -0.1) is 0 Å². The average Bonchev–Trinajstić information content (AvgIpc) is 1.60. The minimum Gasteiger partial charge on any atom is -0.480 e. The van der Waals surface area contributed by atoms with E-state index in [4.69, 9.17) is 56.2 Å². The number of nitrogens with zero attached hydrogens (tertiary/aromatic N) is 10. The lowest BCUT2D eigenvalue weighted by atomic mass is 9.98. The molecule has 4 atom stereocenters. The van der Waals surface area contributed by atoms with Gasteiger partial charge in [0.1, 0.15) is 18.1 Å². The number of likely N-dealkylation sites (N-methyl/N-ethyl adjacent to an activating group) is 1. The number of aliphatic carboxylic acids is 13. The van der Waals surface area contributed by atoms with Crippen LogP contribution in [-0.4, -0.2) is 410 Å². The molecule has 38 nitrogen and oxygen atoms in total. The van der Waals surface area contributed by atoms with Crippen LogP contribution in [0.3, 0.4) is 0 Å². The second kappa shape index (κ2) is 38.0. The highest BCUT2D eigenvalue weighted by atomic mass is 16.4. The molecule has 0 aromatic rings. The Bertz CT molecular complexity index is 2440. The summed E-state index contributed by atoms with van der Waals surface area (Å²) in [6, 6.07) is -2.32. The van der Waals surface area contributed by atoms with Gasteiger partial charge in [0.25, 0.3) is 0 Å². The van der Waals surface area contributed by atoms with E-state index in [-0.39, 0.29) is 78.5 Å². The largest absolute Gasteiger partial charge is 0.480 e. The van der Waals surface area contributed by atoms with E-state index in [1.165, 1.54) is 11.8 Å². The second-order valence-electron chi connectivity index (χ2n) is 24.6. The minimum atomic E-state index is -1.22. The van der Waals surface area contributed by atoms with Crippen LogP contribution in [-0.2, 0) is 62.3 Å². The number of carboxylic acids is 13. The van der Waals surface area contributed by atoms with Crippen LogP contribution in [0, 0.1) is 0 Å². The van der Waals surface area contributed by atoms with Crippen molar-refractivity contribution >= 4 is 77.6 Å². The van der Waals surface area contributed by atoms with Crippen LogP contribution >= 0.6 is 0 Å². The summed E-state index contributed by atoms with van der Waals surface area (Å²) in [7, 11) is 1.65. The molecule has 4 saturated heterocycles. The van der Waals surface area contributed by atoms with Crippen molar-refractivity contribution in [3.8, 4) is 0 Å². The van der Waals surface area contributed by atoms with Gasteiger partial charge in [-0.2, -0.15) is 0 Å². The Morgan fingerprint density at radius 2 is 0.641 bits per heavy atom. The zero-order chi connectivity index (χ0) is 70.8. The molecule has 4 fully saturated rings. The lowest BCUT2D eigenvalue weighted by Gasteiger charge is -2.42. The van der Waals surface area contributed by atoms with E-state index in [0.29, 0.717) is 78.5 Å². The molecule has 0 spiro atoms. The molecule has 15 N–H and O–H groups in total. The van der Waals surface area contributed by atoms with Crippen LogP contribution in [0.2, 0.25) is 0 Å². The number of carbonyl (C=O) groups is 13. The van der Waals surface area contributed by atoms with Gasteiger partial charge in [-0.05, 0) is 55.5 Å².